The minimum Gasteiger partial charge on any atom is -0.361 e. The van der Waals surface area contributed by atoms with Crippen LogP contribution >= 0.6 is 11.8 Å². The van der Waals surface area contributed by atoms with Crippen molar-refractivity contribution in [2.24, 2.45) is 0 Å². The number of amides is 1. The molecule has 27 heavy (non-hydrogen) atoms. The van der Waals surface area contributed by atoms with E-state index < -0.39 is 0 Å². The molecule has 0 aliphatic heterocycles. The third-order valence-corrected chi connectivity index (χ3v) is 4.91. The fraction of sp³-hybridized carbons (Fsp3) is 0.368. The molecule has 8 heteroatoms. The van der Waals surface area contributed by atoms with E-state index in [1.807, 2.05) is 43.4 Å². The van der Waals surface area contributed by atoms with Gasteiger partial charge in [0.15, 0.2) is 5.82 Å². The van der Waals surface area contributed by atoms with E-state index >= 15 is 0 Å². The van der Waals surface area contributed by atoms with Gasteiger partial charge in [-0.3, -0.25) is 4.79 Å². The van der Waals surface area contributed by atoms with Crippen LogP contribution in [0.2, 0.25) is 0 Å². The van der Waals surface area contributed by atoms with Crippen molar-refractivity contribution in [3.63, 3.8) is 0 Å². The lowest BCUT2D eigenvalue weighted by atomic mass is 10.1. The van der Waals surface area contributed by atoms with E-state index in [-0.39, 0.29) is 5.91 Å². The molecule has 142 valence electrons. The highest BCUT2D eigenvalue weighted by Gasteiger charge is 2.11. The highest BCUT2D eigenvalue weighted by atomic mass is 32.2. The first-order valence-electron chi connectivity index (χ1n) is 8.74. The molecule has 0 atom stereocenters. The summed E-state index contributed by atoms with van der Waals surface area (Å²) in [5.41, 5.74) is 1.87. The Morgan fingerprint density at radius 3 is 2.74 bits per heavy atom. The Bertz CT molecular complexity index is 863. The van der Waals surface area contributed by atoms with E-state index in [1.165, 1.54) is 11.8 Å². The second kappa shape index (κ2) is 9.36. The molecule has 0 unspecified atom stereocenters. The van der Waals surface area contributed by atoms with Crippen molar-refractivity contribution >= 4 is 17.7 Å². The Labute approximate surface area is 162 Å². The first-order valence-corrected chi connectivity index (χ1v) is 9.89. The Morgan fingerprint density at radius 2 is 2.00 bits per heavy atom. The predicted molar refractivity (Wildman–Crippen MR) is 103 cm³/mol. The van der Waals surface area contributed by atoms with Gasteiger partial charge in [0, 0.05) is 38.6 Å². The highest BCUT2D eigenvalue weighted by Crippen LogP contribution is 2.19. The van der Waals surface area contributed by atoms with Gasteiger partial charge in [-0.25, -0.2) is 0 Å². The summed E-state index contributed by atoms with van der Waals surface area (Å²) in [6.07, 6.45) is 1.56. The molecule has 0 spiro atoms. The molecule has 0 bridgehead atoms. The Kier molecular flexibility index (Phi) is 6.64. The number of thioether (sulfide) groups is 1. The number of benzene rings is 1. The molecule has 2 aromatic heterocycles. The van der Waals surface area contributed by atoms with Crippen molar-refractivity contribution in [2.45, 2.75) is 25.5 Å². The van der Waals surface area contributed by atoms with Crippen molar-refractivity contribution in [1.82, 2.24) is 20.2 Å². The van der Waals surface area contributed by atoms with Crippen molar-refractivity contribution in [3.05, 3.63) is 53.9 Å². The van der Waals surface area contributed by atoms with Crippen LogP contribution in [0.4, 0.5) is 0 Å². The summed E-state index contributed by atoms with van der Waals surface area (Å²) in [6, 6.07) is 11.9. The van der Waals surface area contributed by atoms with Gasteiger partial charge in [0.25, 0.3) is 0 Å². The van der Waals surface area contributed by atoms with Crippen molar-refractivity contribution in [2.75, 3.05) is 19.3 Å². The Balaban J connectivity index is 1.37. The SMILES string of the molecule is Cc1nc(CSCC(=O)N(C)CCCc2cc(-c3ccccc3)no2)no1. The van der Waals surface area contributed by atoms with Crippen LogP contribution in [0.1, 0.15) is 23.9 Å². The lowest BCUT2D eigenvalue weighted by Crippen LogP contribution is -2.29. The first-order chi connectivity index (χ1) is 13.1. The number of aromatic nitrogens is 3. The Morgan fingerprint density at radius 1 is 1.19 bits per heavy atom. The van der Waals surface area contributed by atoms with Crippen LogP contribution in [0, 0.1) is 6.92 Å². The number of hydrogen-bond acceptors (Lipinski definition) is 7. The number of carbonyl (C=O) groups excluding carboxylic acids is 1. The molecule has 0 aliphatic rings. The maximum absolute atomic E-state index is 12.2. The zero-order valence-electron chi connectivity index (χ0n) is 15.4. The predicted octanol–water partition coefficient (Wildman–Crippen LogP) is 3.36. The van der Waals surface area contributed by atoms with E-state index in [9.17, 15) is 4.79 Å². The van der Waals surface area contributed by atoms with Crippen LogP contribution in [0.5, 0.6) is 0 Å². The first kappa shape index (κ1) is 19.2. The van der Waals surface area contributed by atoms with Gasteiger partial charge >= 0.3 is 0 Å². The zero-order valence-corrected chi connectivity index (χ0v) is 16.2. The topological polar surface area (TPSA) is 85.3 Å². The summed E-state index contributed by atoms with van der Waals surface area (Å²) in [6.45, 7) is 2.42. The molecule has 3 aromatic rings. The molecule has 0 saturated heterocycles. The van der Waals surface area contributed by atoms with E-state index in [2.05, 4.69) is 15.3 Å². The minimum absolute atomic E-state index is 0.0859. The van der Waals surface area contributed by atoms with E-state index in [1.54, 1.807) is 11.8 Å². The second-order valence-corrected chi connectivity index (χ2v) is 7.17. The van der Waals surface area contributed by atoms with E-state index in [0.717, 1.165) is 29.9 Å². The molecular formula is C19H22N4O3S. The Hall–Kier alpha value is -2.61. The minimum atomic E-state index is 0.0859. The van der Waals surface area contributed by atoms with Gasteiger partial charge in [-0.15, -0.1) is 11.8 Å². The normalized spacial score (nSPS) is 10.9. The largest absolute Gasteiger partial charge is 0.361 e. The number of hydrogen-bond donors (Lipinski definition) is 0. The fourth-order valence-corrected chi connectivity index (χ4v) is 3.33. The quantitative estimate of drug-likeness (QED) is 0.557. The summed E-state index contributed by atoms with van der Waals surface area (Å²) in [7, 11) is 1.82. The number of rotatable bonds is 9. The maximum atomic E-state index is 12.2. The third kappa shape index (κ3) is 5.68. The van der Waals surface area contributed by atoms with Crippen LogP contribution in [0.3, 0.4) is 0 Å². The van der Waals surface area contributed by atoms with E-state index in [4.69, 9.17) is 9.05 Å². The van der Waals surface area contributed by atoms with Gasteiger partial charge in [0.05, 0.1) is 11.5 Å². The number of aryl methyl sites for hydroxylation is 2. The van der Waals surface area contributed by atoms with Gasteiger partial charge in [0.2, 0.25) is 11.8 Å². The van der Waals surface area contributed by atoms with Crippen molar-refractivity contribution in [1.29, 1.82) is 0 Å². The molecule has 7 nitrogen and oxygen atoms in total. The lowest BCUT2D eigenvalue weighted by molar-refractivity contribution is -0.127. The maximum Gasteiger partial charge on any atom is 0.232 e. The summed E-state index contributed by atoms with van der Waals surface area (Å²) in [5, 5.41) is 7.93. The third-order valence-electron chi connectivity index (χ3n) is 4.00. The van der Waals surface area contributed by atoms with Crippen molar-refractivity contribution < 1.29 is 13.8 Å². The number of carbonyl (C=O) groups is 1. The molecule has 2 heterocycles. The van der Waals surface area contributed by atoms with Crippen molar-refractivity contribution in [3.8, 4) is 11.3 Å². The molecule has 0 fully saturated rings. The summed E-state index contributed by atoms with van der Waals surface area (Å²) >= 11 is 1.48. The van der Waals surface area contributed by atoms with Crippen LogP contribution < -0.4 is 0 Å². The summed E-state index contributed by atoms with van der Waals surface area (Å²) < 4.78 is 10.3. The number of nitrogens with zero attached hydrogens (tertiary/aromatic N) is 4. The molecule has 0 radical (unpaired) electrons. The average Bonchev–Trinajstić information content (AvgIpc) is 3.31. The second-order valence-electron chi connectivity index (χ2n) is 6.19. The molecule has 0 saturated carbocycles. The van der Waals surface area contributed by atoms with Gasteiger partial charge in [0.1, 0.15) is 11.5 Å². The van der Waals surface area contributed by atoms with Gasteiger partial charge in [-0.05, 0) is 6.42 Å². The summed E-state index contributed by atoms with van der Waals surface area (Å²) in [5.74, 6) is 3.03. The van der Waals surface area contributed by atoms with Gasteiger partial charge in [-0.2, -0.15) is 4.98 Å². The van der Waals surface area contributed by atoms with Crippen LogP contribution in [-0.2, 0) is 17.0 Å². The average molecular weight is 386 g/mol. The molecule has 3 rings (SSSR count). The molecular weight excluding hydrogens is 364 g/mol. The standard InChI is InChI=1S/C19H22N4O3S/c1-14-20-18(22-25-14)12-27-13-19(24)23(2)10-6-9-16-11-17(21-26-16)15-7-4-3-5-8-15/h3-5,7-8,11H,6,9-10,12-13H2,1-2H3. The van der Waals surface area contributed by atoms with E-state index in [0.29, 0.717) is 29.8 Å². The van der Waals surface area contributed by atoms with Gasteiger partial charge in [-0.1, -0.05) is 40.6 Å². The molecule has 0 N–H and O–H groups in total. The van der Waals surface area contributed by atoms with Gasteiger partial charge < -0.3 is 13.9 Å². The lowest BCUT2D eigenvalue weighted by Gasteiger charge is -2.16. The molecule has 0 aliphatic carbocycles. The zero-order chi connectivity index (χ0) is 19.1. The monoisotopic (exact) mass is 386 g/mol. The van der Waals surface area contributed by atoms with Crippen LogP contribution in [0.15, 0.2) is 45.4 Å². The van der Waals surface area contributed by atoms with Crippen LogP contribution in [-0.4, -0.2) is 45.4 Å². The molecule has 1 aromatic carbocycles. The molecule has 1 amide bonds. The van der Waals surface area contributed by atoms with Crippen LogP contribution in [0.25, 0.3) is 11.3 Å². The smallest absolute Gasteiger partial charge is 0.232 e. The summed E-state index contributed by atoms with van der Waals surface area (Å²) in [4.78, 5) is 18.0. The highest BCUT2D eigenvalue weighted by molar-refractivity contribution is 7.99. The fourth-order valence-electron chi connectivity index (χ4n) is 2.53.